The molecule has 1 aliphatic heterocycles. The SMILES string of the molecule is NC(=O)C1CCCN(C(=O)c2cc(Br)cc(C(=O)O)c2)C1. The van der Waals surface area contributed by atoms with Crippen molar-refractivity contribution in [2.45, 2.75) is 12.8 Å². The van der Waals surface area contributed by atoms with Gasteiger partial charge < -0.3 is 15.7 Å². The predicted molar refractivity (Wildman–Crippen MR) is 78.9 cm³/mol. The first kappa shape index (κ1) is 15.5. The summed E-state index contributed by atoms with van der Waals surface area (Å²) >= 11 is 3.20. The number of nitrogens with zero attached hydrogens (tertiary/aromatic N) is 1. The monoisotopic (exact) mass is 354 g/mol. The molecule has 0 saturated carbocycles. The second kappa shape index (κ2) is 6.26. The van der Waals surface area contributed by atoms with Crippen LogP contribution in [0.3, 0.4) is 0 Å². The van der Waals surface area contributed by atoms with Crippen LogP contribution < -0.4 is 5.73 Å². The summed E-state index contributed by atoms with van der Waals surface area (Å²) in [7, 11) is 0. The van der Waals surface area contributed by atoms with Crippen LogP contribution in [0, 0.1) is 5.92 Å². The van der Waals surface area contributed by atoms with E-state index in [0.717, 1.165) is 0 Å². The lowest BCUT2D eigenvalue weighted by Gasteiger charge is -2.31. The zero-order valence-corrected chi connectivity index (χ0v) is 12.8. The number of likely N-dealkylation sites (tertiary alicyclic amines) is 1. The number of amides is 2. The van der Waals surface area contributed by atoms with E-state index in [2.05, 4.69) is 15.9 Å². The van der Waals surface area contributed by atoms with E-state index in [1.165, 1.54) is 12.1 Å². The first-order chi connectivity index (χ1) is 9.88. The maximum Gasteiger partial charge on any atom is 0.335 e. The Balaban J connectivity index is 2.23. The van der Waals surface area contributed by atoms with Gasteiger partial charge in [0.1, 0.15) is 0 Å². The van der Waals surface area contributed by atoms with Gasteiger partial charge in [-0.05, 0) is 31.0 Å². The van der Waals surface area contributed by atoms with Gasteiger partial charge in [0, 0.05) is 23.1 Å². The van der Waals surface area contributed by atoms with Crippen molar-refractivity contribution in [3.8, 4) is 0 Å². The van der Waals surface area contributed by atoms with E-state index in [1.807, 2.05) is 0 Å². The van der Waals surface area contributed by atoms with Gasteiger partial charge >= 0.3 is 5.97 Å². The molecule has 1 aromatic carbocycles. The number of hydrogen-bond acceptors (Lipinski definition) is 3. The van der Waals surface area contributed by atoms with E-state index >= 15 is 0 Å². The Morgan fingerprint density at radius 1 is 1.24 bits per heavy atom. The van der Waals surface area contributed by atoms with E-state index in [0.29, 0.717) is 23.9 Å². The van der Waals surface area contributed by atoms with Gasteiger partial charge in [-0.15, -0.1) is 0 Å². The van der Waals surface area contributed by atoms with E-state index in [9.17, 15) is 14.4 Å². The third kappa shape index (κ3) is 3.60. The molecule has 1 atom stereocenters. The molecule has 0 spiro atoms. The van der Waals surface area contributed by atoms with Crippen molar-refractivity contribution in [1.82, 2.24) is 4.90 Å². The van der Waals surface area contributed by atoms with Gasteiger partial charge in [0.05, 0.1) is 11.5 Å². The lowest BCUT2D eigenvalue weighted by atomic mass is 9.96. The quantitative estimate of drug-likeness (QED) is 0.858. The first-order valence-corrected chi connectivity index (χ1v) is 7.30. The summed E-state index contributed by atoms with van der Waals surface area (Å²) in [6, 6.07) is 4.34. The summed E-state index contributed by atoms with van der Waals surface area (Å²) in [5.74, 6) is -2.13. The molecule has 1 fully saturated rings. The van der Waals surface area contributed by atoms with Crippen LogP contribution >= 0.6 is 15.9 Å². The molecular formula is C14H15BrN2O4. The molecule has 0 aliphatic carbocycles. The molecule has 6 nitrogen and oxygen atoms in total. The summed E-state index contributed by atoms with van der Waals surface area (Å²) in [5, 5.41) is 9.03. The largest absolute Gasteiger partial charge is 0.478 e. The minimum absolute atomic E-state index is 0.0381. The third-order valence-corrected chi connectivity index (χ3v) is 3.96. The van der Waals surface area contributed by atoms with Gasteiger partial charge in [0.25, 0.3) is 5.91 Å². The van der Waals surface area contributed by atoms with E-state index in [-0.39, 0.29) is 29.5 Å². The van der Waals surface area contributed by atoms with Crippen molar-refractivity contribution in [3.05, 3.63) is 33.8 Å². The van der Waals surface area contributed by atoms with Gasteiger partial charge in [0.15, 0.2) is 0 Å². The van der Waals surface area contributed by atoms with Gasteiger partial charge in [-0.25, -0.2) is 4.79 Å². The fourth-order valence-corrected chi connectivity index (χ4v) is 2.91. The molecule has 0 bridgehead atoms. The highest BCUT2D eigenvalue weighted by molar-refractivity contribution is 9.10. The number of carbonyl (C=O) groups is 3. The average molecular weight is 355 g/mol. The predicted octanol–water partition coefficient (Wildman–Crippen LogP) is 1.48. The summed E-state index contributed by atoms with van der Waals surface area (Å²) < 4.78 is 0.522. The van der Waals surface area contributed by atoms with E-state index < -0.39 is 11.9 Å². The summed E-state index contributed by atoms with van der Waals surface area (Å²) in [4.78, 5) is 36.3. The molecule has 21 heavy (non-hydrogen) atoms. The Morgan fingerprint density at radius 3 is 2.52 bits per heavy atom. The Bertz CT molecular complexity index is 603. The van der Waals surface area contributed by atoms with Crippen LogP contribution in [0.25, 0.3) is 0 Å². The van der Waals surface area contributed by atoms with Crippen LogP contribution in [0.2, 0.25) is 0 Å². The van der Waals surface area contributed by atoms with Crippen molar-refractivity contribution in [3.63, 3.8) is 0 Å². The molecule has 2 amide bonds. The fraction of sp³-hybridized carbons (Fsp3) is 0.357. The number of carboxylic acids is 1. The van der Waals surface area contributed by atoms with Gasteiger partial charge in [-0.3, -0.25) is 9.59 Å². The average Bonchev–Trinajstić information content (AvgIpc) is 2.45. The van der Waals surface area contributed by atoms with Crippen LogP contribution in [-0.4, -0.2) is 40.9 Å². The van der Waals surface area contributed by atoms with Crippen molar-refractivity contribution < 1.29 is 19.5 Å². The molecule has 0 aromatic heterocycles. The minimum Gasteiger partial charge on any atom is -0.478 e. The van der Waals surface area contributed by atoms with Crippen LogP contribution in [0.4, 0.5) is 0 Å². The van der Waals surface area contributed by atoms with Crippen LogP contribution in [0.5, 0.6) is 0 Å². The van der Waals surface area contributed by atoms with Crippen LogP contribution in [0.1, 0.15) is 33.6 Å². The molecule has 1 aliphatic rings. The molecule has 1 aromatic rings. The zero-order chi connectivity index (χ0) is 15.6. The van der Waals surface area contributed by atoms with Crippen molar-refractivity contribution in [2.24, 2.45) is 11.7 Å². The normalized spacial score (nSPS) is 18.3. The number of primary amides is 1. The molecule has 1 heterocycles. The Morgan fingerprint density at radius 2 is 1.90 bits per heavy atom. The first-order valence-electron chi connectivity index (χ1n) is 6.51. The van der Waals surface area contributed by atoms with Crippen LogP contribution in [0.15, 0.2) is 22.7 Å². The molecule has 112 valence electrons. The molecule has 7 heteroatoms. The number of carbonyl (C=O) groups excluding carboxylic acids is 2. The molecule has 3 N–H and O–H groups in total. The number of rotatable bonds is 3. The Labute approximate surface area is 130 Å². The van der Waals surface area contributed by atoms with Crippen molar-refractivity contribution >= 4 is 33.7 Å². The maximum absolute atomic E-state index is 12.5. The number of benzene rings is 1. The highest BCUT2D eigenvalue weighted by Gasteiger charge is 2.28. The summed E-state index contributed by atoms with van der Waals surface area (Å²) in [6.07, 6.45) is 1.39. The zero-order valence-electron chi connectivity index (χ0n) is 11.2. The lowest BCUT2D eigenvalue weighted by molar-refractivity contribution is -0.123. The van der Waals surface area contributed by atoms with Crippen molar-refractivity contribution in [1.29, 1.82) is 0 Å². The molecular weight excluding hydrogens is 340 g/mol. The highest BCUT2D eigenvalue weighted by atomic mass is 79.9. The van der Waals surface area contributed by atoms with Crippen LogP contribution in [-0.2, 0) is 4.79 Å². The van der Waals surface area contributed by atoms with Gasteiger partial charge in [-0.2, -0.15) is 0 Å². The summed E-state index contributed by atoms with van der Waals surface area (Å²) in [6.45, 7) is 0.820. The molecule has 2 rings (SSSR count). The lowest BCUT2D eigenvalue weighted by Crippen LogP contribution is -2.44. The number of halogens is 1. The summed E-state index contributed by atoms with van der Waals surface area (Å²) in [5.41, 5.74) is 5.62. The van der Waals surface area contributed by atoms with Crippen molar-refractivity contribution in [2.75, 3.05) is 13.1 Å². The Kier molecular flexibility index (Phi) is 4.62. The third-order valence-electron chi connectivity index (χ3n) is 3.50. The van der Waals surface area contributed by atoms with Gasteiger partial charge in [0.2, 0.25) is 5.91 Å². The number of hydrogen-bond donors (Lipinski definition) is 2. The second-order valence-electron chi connectivity index (χ2n) is 5.03. The minimum atomic E-state index is -1.10. The molecule has 0 radical (unpaired) electrons. The Hall–Kier alpha value is -1.89. The smallest absolute Gasteiger partial charge is 0.335 e. The van der Waals surface area contributed by atoms with Gasteiger partial charge in [-0.1, -0.05) is 15.9 Å². The topological polar surface area (TPSA) is 101 Å². The van der Waals surface area contributed by atoms with E-state index in [4.69, 9.17) is 10.8 Å². The standard InChI is InChI=1S/C14H15BrN2O4/c15-11-5-9(4-10(6-11)14(20)21)13(19)17-3-1-2-8(7-17)12(16)18/h4-6,8H,1-3,7H2,(H2,16,18)(H,20,21). The molecule has 1 unspecified atom stereocenters. The number of carboxylic acid groups (broad SMARTS) is 1. The maximum atomic E-state index is 12.5. The number of nitrogens with two attached hydrogens (primary N) is 1. The fourth-order valence-electron chi connectivity index (χ4n) is 2.41. The number of aromatic carboxylic acids is 1. The highest BCUT2D eigenvalue weighted by Crippen LogP contribution is 2.21. The molecule has 1 saturated heterocycles. The van der Waals surface area contributed by atoms with E-state index in [1.54, 1.807) is 11.0 Å². The number of piperidine rings is 1. The second-order valence-corrected chi connectivity index (χ2v) is 5.94.